The van der Waals surface area contributed by atoms with Gasteiger partial charge in [-0.2, -0.15) is 0 Å². The lowest BCUT2D eigenvalue weighted by Crippen LogP contribution is -2.47. The molecule has 0 fully saturated rings. The molecule has 0 saturated heterocycles. The summed E-state index contributed by atoms with van der Waals surface area (Å²) in [6, 6.07) is 5.56. The van der Waals surface area contributed by atoms with Crippen LogP contribution in [0, 0.1) is 5.82 Å². The summed E-state index contributed by atoms with van der Waals surface area (Å²) in [7, 11) is 0. The van der Waals surface area contributed by atoms with E-state index in [1.807, 2.05) is 27.7 Å². The number of urea groups is 1. The van der Waals surface area contributed by atoms with Crippen molar-refractivity contribution in [3.8, 4) is 0 Å². The van der Waals surface area contributed by atoms with Crippen molar-refractivity contribution in [2.75, 3.05) is 11.9 Å². The average molecular weight is 238 g/mol. The van der Waals surface area contributed by atoms with Crippen LogP contribution in [-0.2, 0) is 0 Å². The summed E-state index contributed by atoms with van der Waals surface area (Å²) in [5.74, 6) is -0.314. The average Bonchev–Trinajstić information content (AvgIpc) is 2.20. The number of halogens is 1. The summed E-state index contributed by atoms with van der Waals surface area (Å²) in [6.45, 7) is 8.47. The Kier molecular flexibility index (Phi) is 4.10. The minimum Gasteiger partial charge on any atom is -0.320 e. The minimum absolute atomic E-state index is 0.174. The molecule has 0 heterocycles. The second kappa shape index (κ2) is 5.17. The van der Waals surface area contributed by atoms with E-state index in [0.717, 1.165) is 0 Å². The van der Waals surface area contributed by atoms with Gasteiger partial charge in [-0.15, -0.1) is 0 Å². The van der Waals surface area contributed by atoms with Gasteiger partial charge in [0.2, 0.25) is 0 Å². The Bertz CT molecular complexity index is 381. The number of anilines is 1. The first-order valence-corrected chi connectivity index (χ1v) is 5.69. The lowest BCUT2D eigenvalue weighted by atomic mass is 10.1. The minimum atomic E-state index is -0.314. The summed E-state index contributed by atoms with van der Waals surface area (Å²) >= 11 is 0. The molecule has 2 amide bonds. The molecule has 1 N–H and O–H groups in total. The van der Waals surface area contributed by atoms with E-state index in [2.05, 4.69) is 5.32 Å². The van der Waals surface area contributed by atoms with Gasteiger partial charge in [0.1, 0.15) is 5.82 Å². The maximum Gasteiger partial charge on any atom is 0.322 e. The smallest absolute Gasteiger partial charge is 0.320 e. The first-order valence-electron chi connectivity index (χ1n) is 5.69. The van der Waals surface area contributed by atoms with E-state index in [1.165, 1.54) is 12.1 Å². The van der Waals surface area contributed by atoms with Crippen LogP contribution in [0.5, 0.6) is 0 Å². The third kappa shape index (κ3) is 3.73. The molecule has 17 heavy (non-hydrogen) atoms. The summed E-state index contributed by atoms with van der Waals surface area (Å²) in [6.07, 6.45) is 0. The Labute approximate surface area is 102 Å². The number of rotatable bonds is 2. The van der Waals surface area contributed by atoms with Crippen molar-refractivity contribution < 1.29 is 9.18 Å². The van der Waals surface area contributed by atoms with E-state index in [1.54, 1.807) is 17.0 Å². The third-order valence-corrected chi connectivity index (χ3v) is 2.47. The molecular formula is C13H19FN2O. The second-order valence-corrected chi connectivity index (χ2v) is 4.85. The van der Waals surface area contributed by atoms with Crippen molar-refractivity contribution in [1.29, 1.82) is 0 Å². The van der Waals surface area contributed by atoms with Crippen molar-refractivity contribution in [2.24, 2.45) is 0 Å². The van der Waals surface area contributed by atoms with E-state index < -0.39 is 0 Å². The zero-order valence-electron chi connectivity index (χ0n) is 10.7. The van der Waals surface area contributed by atoms with Crippen LogP contribution in [0.15, 0.2) is 24.3 Å². The highest BCUT2D eigenvalue weighted by Gasteiger charge is 2.24. The van der Waals surface area contributed by atoms with Crippen LogP contribution in [0.4, 0.5) is 14.9 Å². The molecule has 0 unspecified atom stereocenters. The Morgan fingerprint density at radius 3 is 2.24 bits per heavy atom. The Balaban J connectivity index is 2.74. The fraction of sp³-hybridized carbons (Fsp3) is 0.462. The second-order valence-electron chi connectivity index (χ2n) is 4.85. The number of benzene rings is 1. The fourth-order valence-electron chi connectivity index (χ4n) is 1.65. The largest absolute Gasteiger partial charge is 0.322 e. The standard InChI is InChI=1S/C13H19FN2O/c1-5-16(13(2,3)4)12(17)15-11-8-6-10(14)7-9-11/h6-9H,5H2,1-4H3,(H,15,17). The molecule has 0 aliphatic carbocycles. The van der Waals surface area contributed by atoms with Crippen LogP contribution in [0.25, 0.3) is 0 Å². The van der Waals surface area contributed by atoms with Gasteiger partial charge < -0.3 is 10.2 Å². The van der Waals surface area contributed by atoms with E-state index in [0.29, 0.717) is 12.2 Å². The number of hydrogen-bond acceptors (Lipinski definition) is 1. The van der Waals surface area contributed by atoms with Gasteiger partial charge in [0.25, 0.3) is 0 Å². The van der Waals surface area contributed by atoms with Crippen LogP contribution >= 0.6 is 0 Å². The van der Waals surface area contributed by atoms with Crippen LogP contribution in [0.1, 0.15) is 27.7 Å². The Hall–Kier alpha value is -1.58. The maximum absolute atomic E-state index is 12.7. The molecule has 1 aromatic carbocycles. The SMILES string of the molecule is CCN(C(=O)Nc1ccc(F)cc1)C(C)(C)C. The molecule has 1 aromatic rings. The van der Waals surface area contributed by atoms with Crippen molar-refractivity contribution in [1.82, 2.24) is 4.90 Å². The van der Waals surface area contributed by atoms with Crippen molar-refractivity contribution in [3.05, 3.63) is 30.1 Å². The number of carbonyl (C=O) groups excluding carboxylic acids is 1. The lowest BCUT2D eigenvalue weighted by molar-refractivity contribution is 0.162. The lowest BCUT2D eigenvalue weighted by Gasteiger charge is -2.34. The van der Waals surface area contributed by atoms with E-state index >= 15 is 0 Å². The molecule has 0 aliphatic rings. The van der Waals surface area contributed by atoms with E-state index in [-0.39, 0.29) is 17.4 Å². The molecule has 0 saturated carbocycles. The summed E-state index contributed by atoms with van der Waals surface area (Å²) in [5.41, 5.74) is 0.359. The molecule has 3 nitrogen and oxygen atoms in total. The molecule has 0 atom stereocenters. The van der Waals surface area contributed by atoms with Gasteiger partial charge in [0.15, 0.2) is 0 Å². The molecule has 0 aromatic heterocycles. The van der Waals surface area contributed by atoms with Crippen LogP contribution in [0.3, 0.4) is 0 Å². The topological polar surface area (TPSA) is 32.3 Å². The Morgan fingerprint density at radius 1 is 1.29 bits per heavy atom. The van der Waals surface area contributed by atoms with Gasteiger partial charge in [0.05, 0.1) is 0 Å². The quantitative estimate of drug-likeness (QED) is 0.840. The monoisotopic (exact) mass is 238 g/mol. The molecule has 0 radical (unpaired) electrons. The van der Waals surface area contributed by atoms with Gasteiger partial charge >= 0.3 is 6.03 Å². The molecule has 0 spiro atoms. The first-order chi connectivity index (χ1) is 7.84. The van der Waals surface area contributed by atoms with Crippen LogP contribution in [0.2, 0.25) is 0 Å². The van der Waals surface area contributed by atoms with Gasteiger partial charge in [-0.3, -0.25) is 0 Å². The highest BCUT2D eigenvalue weighted by molar-refractivity contribution is 5.89. The number of carbonyl (C=O) groups is 1. The highest BCUT2D eigenvalue weighted by Crippen LogP contribution is 2.15. The van der Waals surface area contributed by atoms with Crippen molar-refractivity contribution in [2.45, 2.75) is 33.2 Å². The normalized spacial score (nSPS) is 11.1. The van der Waals surface area contributed by atoms with Gasteiger partial charge in [-0.05, 0) is 52.0 Å². The zero-order valence-corrected chi connectivity index (χ0v) is 10.7. The number of nitrogens with one attached hydrogen (secondary N) is 1. The number of nitrogens with zero attached hydrogens (tertiary/aromatic N) is 1. The fourth-order valence-corrected chi connectivity index (χ4v) is 1.65. The third-order valence-electron chi connectivity index (χ3n) is 2.47. The molecule has 1 rings (SSSR count). The van der Waals surface area contributed by atoms with Crippen molar-refractivity contribution in [3.63, 3.8) is 0 Å². The molecule has 0 bridgehead atoms. The molecule has 94 valence electrons. The summed E-state index contributed by atoms with van der Waals surface area (Å²) < 4.78 is 12.7. The zero-order chi connectivity index (χ0) is 13.1. The van der Waals surface area contributed by atoms with Crippen LogP contribution in [-0.4, -0.2) is 23.0 Å². The number of amides is 2. The Morgan fingerprint density at radius 2 is 1.82 bits per heavy atom. The predicted octanol–water partition coefficient (Wildman–Crippen LogP) is 3.48. The van der Waals surface area contributed by atoms with Crippen molar-refractivity contribution >= 4 is 11.7 Å². The maximum atomic E-state index is 12.7. The predicted molar refractivity (Wildman–Crippen MR) is 67.6 cm³/mol. The van der Waals surface area contributed by atoms with Crippen LogP contribution < -0.4 is 5.32 Å². The summed E-state index contributed by atoms with van der Waals surface area (Å²) in [5, 5.41) is 2.75. The van der Waals surface area contributed by atoms with Gasteiger partial charge in [-0.25, -0.2) is 9.18 Å². The van der Waals surface area contributed by atoms with E-state index in [4.69, 9.17) is 0 Å². The summed E-state index contributed by atoms with van der Waals surface area (Å²) in [4.78, 5) is 13.7. The molecule has 0 aliphatic heterocycles. The highest BCUT2D eigenvalue weighted by atomic mass is 19.1. The van der Waals surface area contributed by atoms with E-state index in [9.17, 15) is 9.18 Å². The van der Waals surface area contributed by atoms with Gasteiger partial charge in [0, 0.05) is 17.8 Å². The number of hydrogen-bond donors (Lipinski definition) is 1. The molecule has 4 heteroatoms. The van der Waals surface area contributed by atoms with Gasteiger partial charge in [-0.1, -0.05) is 0 Å². The molecular weight excluding hydrogens is 219 g/mol. The first kappa shape index (κ1) is 13.5.